The highest BCUT2D eigenvalue weighted by atomic mass is 32.2. The maximum absolute atomic E-state index is 12.3. The molecule has 146 valence electrons. The van der Waals surface area contributed by atoms with Gasteiger partial charge in [-0.05, 0) is 43.3 Å². The molecule has 28 heavy (non-hydrogen) atoms. The first-order valence-corrected chi connectivity index (χ1v) is 9.60. The molecular formula is C19H21N5O3S. The summed E-state index contributed by atoms with van der Waals surface area (Å²) < 4.78 is 12.0. The lowest BCUT2D eigenvalue weighted by molar-refractivity contribution is -0.113. The molecule has 0 bridgehead atoms. The van der Waals surface area contributed by atoms with Crippen LogP contribution >= 0.6 is 11.8 Å². The zero-order valence-electron chi connectivity index (χ0n) is 15.6. The van der Waals surface area contributed by atoms with E-state index in [2.05, 4.69) is 15.5 Å². The molecule has 9 heteroatoms. The minimum absolute atomic E-state index is 0.137. The summed E-state index contributed by atoms with van der Waals surface area (Å²) in [6.45, 7) is 2.41. The van der Waals surface area contributed by atoms with Crippen molar-refractivity contribution in [3.8, 4) is 22.9 Å². The molecule has 0 radical (unpaired) electrons. The Morgan fingerprint density at radius 3 is 2.64 bits per heavy atom. The summed E-state index contributed by atoms with van der Waals surface area (Å²) >= 11 is 1.20. The van der Waals surface area contributed by atoms with Crippen LogP contribution in [0, 0.1) is 0 Å². The summed E-state index contributed by atoms with van der Waals surface area (Å²) in [6.07, 6.45) is 0. The molecule has 3 rings (SSSR count). The molecule has 0 unspecified atom stereocenters. The van der Waals surface area contributed by atoms with E-state index in [0.29, 0.717) is 29.0 Å². The average molecular weight is 399 g/mol. The molecule has 3 N–H and O–H groups in total. The highest BCUT2D eigenvalue weighted by Gasteiger charge is 2.15. The Morgan fingerprint density at radius 1 is 1.18 bits per heavy atom. The first kappa shape index (κ1) is 19.6. The number of para-hydroxylation sites is 2. The lowest BCUT2D eigenvalue weighted by Crippen LogP contribution is -2.17. The molecular weight excluding hydrogens is 378 g/mol. The van der Waals surface area contributed by atoms with E-state index in [4.69, 9.17) is 15.3 Å². The number of hydrogen-bond acceptors (Lipinski definition) is 7. The van der Waals surface area contributed by atoms with E-state index in [0.717, 1.165) is 11.3 Å². The van der Waals surface area contributed by atoms with E-state index in [1.807, 2.05) is 49.4 Å². The summed E-state index contributed by atoms with van der Waals surface area (Å²) in [7, 11) is 1.60. The van der Waals surface area contributed by atoms with E-state index in [1.165, 1.54) is 16.4 Å². The molecule has 0 saturated carbocycles. The Morgan fingerprint density at radius 2 is 1.93 bits per heavy atom. The molecule has 0 aliphatic rings. The normalized spacial score (nSPS) is 10.5. The van der Waals surface area contributed by atoms with Gasteiger partial charge in [-0.2, -0.15) is 0 Å². The van der Waals surface area contributed by atoms with Gasteiger partial charge in [-0.15, -0.1) is 10.2 Å². The van der Waals surface area contributed by atoms with Crippen molar-refractivity contribution in [3.63, 3.8) is 0 Å². The predicted octanol–water partition coefficient (Wildman–Crippen LogP) is 2.80. The van der Waals surface area contributed by atoms with Crippen molar-refractivity contribution in [3.05, 3.63) is 48.5 Å². The van der Waals surface area contributed by atoms with E-state index in [9.17, 15) is 4.79 Å². The first-order valence-electron chi connectivity index (χ1n) is 8.61. The number of ether oxygens (including phenoxy) is 2. The molecule has 0 aliphatic carbocycles. The summed E-state index contributed by atoms with van der Waals surface area (Å²) in [5.41, 5.74) is 1.43. The molecule has 3 aromatic rings. The van der Waals surface area contributed by atoms with Crippen LogP contribution in [0.25, 0.3) is 11.4 Å². The van der Waals surface area contributed by atoms with Gasteiger partial charge in [-0.1, -0.05) is 23.9 Å². The fraction of sp³-hybridized carbons (Fsp3) is 0.211. The topological polar surface area (TPSA) is 104 Å². The van der Waals surface area contributed by atoms with Crippen molar-refractivity contribution in [2.24, 2.45) is 0 Å². The zero-order valence-corrected chi connectivity index (χ0v) is 16.4. The number of nitrogens with two attached hydrogens (primary N) is 1. The Bertz CT molecular complexity index is 943. The number of rotatable bonds is 8. The van der Waals surface area contributed by atoms with Crippen molar-refractivity contribution in [1.82, 2.24) is 14.9 Å². The number of thioether (sulfide) groups is 1. The van der Waals surface area contributed by atoms with E-state index >= 15 is 0 Å². The van der Waals surface area contributed by atoms with Crippen LogP contribution in [0.15, 0.2) is 53.7 Å². The Kier molecular flexibility index (Phi) is 6.38. The number of hydrogen-bond donors (Lipinski definition) is 2. The van der Waals surface area contributed by atoms with E-state index in [-0.39, 0.29) is 11.7 Å². The highest BCUT2D eigenvalue weighted by molar-refractivity contribution is 7.99. The van der Waals surface area contributed by atoms with Crippen molar-refractivity contribution in [1.29, 1.82) is 0 Å². The van der Waals surface area contributed by atoms with Crippen LogP contribution in [-0.2, 0) is 4.79 Å². The van der Waals surface area contributed by atoms with Gasteiger partial charge in [0.25, 0.3) is 0 Å². The highest BCUT2D eigenvalue weighted by Crippen LogP contribution is 2.26. The number of carbonyl (C=O) groups excluding carboxylic acids is 1. The third-order valence-electron chi connectivity index (χ3n) is 3.81. The monoisotopic (exact) mass is 399 g/mol. The molecule has 2 aromatic carbocycles. The number of aromatic nitrogens is 3. The Labute approximate surface area is 167 Å². The third-order valence-corrected chi connectivity index (χ3v) is 4.75. The molecule has 0 saturated heterocycles. The number of amides is 1. The molecule has 0 atom stereocenters. The smallest absolute Gasteiger partial charge is 0.234 e. The van der Waals surface area contributed by atoms with Gasteiger partial charge in [-0.25, -0.2) is 4.68 Å². The number of methoxy groups -OCH3 is 1. The summed E-state index contributed by atoms with van der Waals surface area (Å²) in [6, 6.07) is 14.6. The first-order chi connectivity index (χ1) is 13.6. The van der Waals surface area contributed by atoms with E-state index < -0.39 is 0 Å². The summed E-state index contributed by atoms with van der Waals surface area (Å²) in [5, 5.41) is 11.5. The van der Waals surface area contributed by atoms with Crippen molar-refractivity contribution in [2.45, 2.75) is 12.1 Å². The lowest BCUT2D eigenvalue weighted by atomic mass is 10.2. The molecule has 0 aliphatic heterocycles. The third kappa shape index (κ3) is 4.55. The minimum Gasteiger partial charge on any atom is -0.497 e. The van der Waals surface area contributed by atoms with Crippen LogP contribution < -0.4 is 20.6 Å². The van der Waals surface area contributed by atoms with Gasteiger partial charge in [-0.3, -0.25) is 4.79 Å². The van der Waals surface area contributed by atoms with Gasteiger partial charge < -0.3 is 20.6 Å². The predicted molar refractivity (Wildman–Crippen MR) is 109 cm³/mol. The van der Waals surface area contributed by atoms with E-state index in [1.54, 1.807) is 13.2 Å². The fourth-order valence-corrected chi connectivity index (χ4v) is 3.14. The summed E-state index contributed by atoms with van der Waals surface area (Å²) in [4.78, 5) is 12.3. The standard InChI is InChI=1S/C19H21N5O3S/c1-3-27-16-7-5-4-6-15(16)21-17(25)12-28-19-23-22-18(24(19)20)13-8-10-14(26-2)11-9-13/h4-11H,3,12,20H2,1-2H3,(H,21,25). The maximum atomic E-state index is 12.3. The number of nitrogen functional groups attached to an aromatic ring is 1. The largest absolute Gasteiger partial charge is 0.497 e. The quantitative estimate of drug-likeness (QED) is 0.443. The molecule has 0 spiro atoms. The van der Waals surface area contributed by atoms with Gasteiger partial charge in [0.1, 0.15) is 11.5 Å². The minimum atomic E-state index is -0.189. The molecule has 0 fully saturated rings. The number of benzene rings is 2. The average Bonchev–Trinajstić information content (AvgIpc) is 3.08. The number of nitrogens with zero attached hydrogens (tertiary/aromatic N) is 3. The molecule has 1 heterocycles. The second kappa shape index (κ2) is 9.14. The fourth-order valence-electron chi connectivity index (χ4n) is 2.48. The molecule has 1 aromatic heterocycles. The number of carbonyl (C=O) groups is 1. The van der Waals surface area contributed by atoms with Crippen molar-refractivity contribution < 1.29 is 14.3 Å². The second-order valence-electron chi connectivity index (χ2n) is 5.67. The zero-order chi connectivity index (χ0) is 19.9. The number of nitrogens with one attached hydrogen (secondary N) is 1. The Balaban J connectivity index is 1.63. The van der Waals surface area contributed by atoms with Crippen LogP contribution in [0.2, 0.25) is 0 Å². The van der Waals surface area contributed by atoms with Crippen molar-refractivity contribution >= 4 is 23.4 Å². The van der Waals surface area contributed by atoms with Crippen molar-refractivity contribution in [2.75, 3.05) is 30.6 Å². The van der Waals surface area contributed by atoms with Crippen LogP contribution in [0.3, 0.4) is 0 Å². The lowest BCUT2D eigenvalue weighted by Gasteiger charge is -2.11. The van der Waals surface area contributed by atoms with Gasteiger partial charge >= 0.3 is 0 Å². The van der Waals surface area contributed by atoms with Crippen LogP contribution in [0.5, 0.6) is 11.5 Å². The van der Waals surface area contributed by atoms with Crippen LogP contribution in [-0.4, -0.2) is 40.3 Å². The van der Waals surface area contributed by atoms with Crippen LogP contribution in [0.1, 0.15) is 6.92 Å². The SMILES string of the molecule is CCOc1ccccc1NC(=O)CSc1nnc(-c2ccc(OC)cc2)n1N. The maximum Gasteiger partial charge on any atom is 0.234 e. The van der Waals surface area contributed by atoms with Crippen LogP contribution in [0.4, 0.5) is 5.69 Å². The number of anilines is 1. The van der Waals surface area contributed by atoms with Gasteiger partial charge in [0, 0.05) is 5.56 Å². The molecule has 8 nitrogen and oxygen atoms in total. The molecule has 1 amide bonds. The van der Waals surface area contributed by atoms with Gasteiger partial charge in [0.15, 0.2) is 5.82 Å². The van der Waals surface area contributed by atoms with Gasteiger partial charge in [0.05, 0.1) is 25.2 Å². The Hall–Kier alpha value is -3.20. The summed E-state index contributed by atoms with van der Waals surface area (Å²) in [5.74, 6) is 7.92. The second-order valence-corrected chi connectivity index (χ2v) is 6.61. The van der Waals surface area contributed by atoms with Gasteiger partial charge in [0.2, 0.25) is 11.1 Å².